The molecule has 1 saturated heterocycles. The highest BCUT2D eigenvalue weighted by Gasteiger charge is 2.27. The van der Waals surface area contributed by atoms with E-state index in [4.69, 9.17) is 4.74 Å². The molecule has 0 aromatic carbocycles. The maximum Gasteiger partial charge on any atom is 0.259 e. The molecule has 0 bridgehead atoms. The molecule has 1 atom stereocenters. The van der Waals surface area contributed by atoms with Crippen LogP contribution in [0.5, 0.6) is 5.88 Å². The average Bonchev–Trinajstić information content (AvgIpc) is 2.46. The van der Waals surface area contributed by atoms with Crippen LogP contribution in [0.2, 0.25) is 0 Å². The van der Waals surface area contributed by atoms with Crippen molar-refractivity contribution in [1.29, 1.82) is 0 Å². The molecule has 8 heteroatoms. The van der Waals surface area contributed by atoms with Crippen LogP contribution >= 0.6 is 0 Å². The first kappa shape index (κ1) is 16.7. The summed E-state index contributed by atoms with van der Waals surface area (Å²) < 4.78 is 30.6. The van der Waals surface area contributed by atoms with Gasteiger partial charge in [0.1, 0.15) is 5.56 Å². The number of rotatable bonds is 5. The second-order valence-electron chi connectivity index (χ2n) is 5.27. The van der Waals surface area contributed by atoms with Gasteiger partial charge in [0.15, 0.2) is 0 Å². The number of nitrogens with zero attached hydrogens (tertiary/aromatic N) is 2. The Balaban J connectivity index is 2.12. The Kier molecular flexibility index (Phi) is 5.36. The molecular weight excluding hydrogens is 306 g/mol. The third kappa shape index (κ3) is 4.41. The van der Waals surface area contributed by atoms with Crippen LogP contribution in [0.3, 0.4) is 0 Å². The van der Waals surface area contributed by atoms with Crippen LogP contribution in [0.15, 0.2) is 18.3 Å². The summed E-state index contributed by atoms with van der Waals surface area (Å²) in [6.07, 6.45) is 4.18. The smallest absolute Gasteiger partial charge is 0.259 e. The van der Waals surface area contributed by atoms with Crippen molar-refractivity contribution in [2.24, 2.45) is 0 Å². The molecule has 22 heavy (non-hydrogen) atoms. The highest BCUT2D eigenvalue weighted by atomic mass is 32.2. The summed E-state index contributed by atoms with van der Waals surface area (Å²) in [7, 11) is -3.28. The predicted octanol–water partition coefficient (Wildman–Crippen LogP) is 0.634. The highest BCUT2D eigenvalue weighted by Crippen LogP contribution is 2.20. The number of carbonyl (C=O) groups is 1. The van der Waals surface area contributed by atoms with Gasteiger partial charge in [-0.1, -0.05) is 0 Å². The van der Waals surface area contributed by atoms with Crippen molar-refractivity contribution in [2.45, 2.75) is 25.8 Å². The van der Waals surface area contributed by atoms with Crippen LogP contribution in [0.25, 0.3) is 0 Å². The first-order valence-corrected chi connectivity index (χ1v) is 9.14. The van der Waals surface area contributed by atoms with Gasteiger partial charge in [-0.2, -0.15) is 0 Å². The molecule has 1 amide bonds. The minimum absolute atomic E-state index is 0.184. The Morgan fingerprint density at radius 1 is 1.55 bits per heavy atom. The van der Waals surface area contributed by atoms with Crippen molar-refractivity contribution in [3.05, 3.63) is 23.9 Å². The summed E-state index contributed by atoms with van der Waals surface area (Å²) >= 11 is 0. The Hall–Kier alpha value is -1.67. The Labute approximate surface area is 130 Å². The number of ether oxygens (including phenoxy) is 1. The molecule has 0 spiro atoms. The molecule has 122 valence electrons. The van der Waals surface area contributed by atoms with Crippen molar-refractivity contribution < 1.29 is 17.9 Å². The topological polar surface area (TPSA) is 88.6 Å². The fraction of sp³-hybridized carbons (Fsp3) is 0.571. The van der Waals surface area contributed by atoms with Crippen LogP contribution in [-0.4, -0.2) is 56.2 Å². The van der Waals surface area contributed by atoms with E-state index in [0.717, 1.165) is 19.1 Å². The molecule has 1 aliphatic rings. The molecule has 1 unspecified atom stereocenters. The zero-order valence-electron chi connectivity index (χ0n) is 12.8. The van der Waals surface area contributed by atoms with E-state index < -0.39 is 10.0 Å². The van der Waals surface area contributed by atoms with Crippen molar-refractivity contribution >= 4 is 15.9 Å². The number of piperidine rings is 1. The van der Waals surface area contributed by atoms with E-state index >= 15 is 0 Å². The van der Waals surface area contributed by atoms with Crippen LogP contribution in [-0.2, 0) is 10.0 Å². The molecule has 2 rings (SSSR count). The normalized spacial score (nSPS) is 19.0. The van der Waals surface area contributed by atoms with Gasteiger partial charge in [-0.25, -0.2) is 18.1 Å². The molecule has 0 aliphatic carbocycles. The molecule has 0 radical (unpaired) electrons. The first-order chi connectivity index (χ1) is 10.4. The summed E-state index contributed by atoms with van der Waals surface area (Å²) in [5.74, 6) is 0.129. The largest absolute Gasteiger partial charge is 0.477 e. The van der Waals surface area contributed by atoms with Gasteiger partial charge in [-0.15, -0.1) is 0 Å². The fourth-order valence-electron chi connectivity index (χ4n) is 2.54. The van der Waals surface area contributed by atoms with Gasteiger partial charge >= 0.3 is 0 Å². The van der Waals surface area contributed by atoms with Crippen LogP contribution in [0.4, 0.5) is 0 Å². The lowest BCUT2D eigenvalue weighted by atomic mass is 10.1. The molecule has 1 aromatic rings. The SMILES string of the molecule is CCOc1ncccc1C(=O)N1CCCC(NS(C)(=O)=O)C1. The van der Waals surface area contributed by atoms with E-state index in [2.05, 4.69) is 9.71 Å². The number of sulfonamides is 1. The molecule has 1 aromatic heterocycles. The van der Waals surface area contributed by atoms with Gasteiger partial charge in [-0.3, -0.25) is 4.79 Å². The number of likely N-dealkylation sites (tertiary alicyclic amines) is 1. The zero-order chi connectivity index (χ0) is 16.2. The van der Waals surface area contributed by atoms with Gasteiger partial charge in [0.25, 0.3) is 5.91 Å². The predicted molar refractivity (Wildman–Crippen MR) is 82.3 cm³/mol. The number of carbonyl (C=O) groups excluding carboxylic acids is 1. The summed E-state index contributed by atoms with van der Waals surface area (Å²) in [6, 6.07) is 3.11. The lowest BCUT2D eigenvalue weighted by molar-refractivity contribution is 0.0698. The van der Waals surface area contributed by atoms with Gasteiger partial charge < -0.3 is 9.64 Å². The summed E-state index contributed by atoms with van der Waals surface area (Å²) in [5.41, 5.74) is 0.407. The molecule has 1 N–H and O–H groups in total. The van der Waals surface area contributed by atoms with E-state index in [1.165, 1.54) is 0 Å². The monoisotopic (exact) mass is 327 g/mol. The quantitative estimate of drug-likeness (QED) is 0.857. The second kappa shape index (κ2) is 7.06. The standard InChI is InChI=1S/C14H21N3O4S/c1-3-21-13-12(7-4-8-15-13)14(18)17-9-5-6-11(10-17)16-22(2,19)20/h4,7-8,11,16H,3,5-6,9-10H2,1-2H3. The van der Waals surface area contributed by atoms with E-state index in [-0.39, 0.29) is 11.9 Å². The Bertz CT molecular complexity index is 633. The summed E-state index contributed by atoms with van der Waals surface area (Å²) in [4.78, 5) is 18.4. The zero-order valence-corrected chi connectivity index (χ0v) is 13.6. The van der Waals surface area contributed by atoms with Crippen LogP contribution in [0, 0.1) is 0 Å². The highest BCUT2D eigenvalue weighted by molar-refractivity contribution is 7.88. The molecule has 2 heterocycles. The van der Waals surface area contributed by atoms with Gasteiger partial charge in [-0.05, 0) is 31.9 Å². The summed E-state index contributed by atoms with van der Waals surface area (Å²) in [5, 5.41) is 0. The van der Waals surface area contributed by atoms with Crippen LogP contribution < -0.4 is 9.46 Å². The van der Waals surface area contributed by atoms with E-state index in [9.17, 15) is 13.2 Å². The van der Waals surface area contributed by atoms with E-state index in [1.54, 1.807) is 23.2 Å². The third-order valence-corrected chi connectivity index (χ3v) is 4.13. The molecule has 1 aliphatic heterocycles. The van der Waals surface area contributed by atoms with Crippen molar-refractivity contribution in [3.8, 4) is 5.88 Å². The molecular formula is C14H21N3O4S. The summed E-state index contributed by atoms with van der Waals surface area (Å²) in [6.45, 7) is 3.21. The maximum atomic E-state index is 12.6. The number of pyridine rings is 1. The van der Waals surface area contributed by atoms with Crippen molar-refractivity contribution in [2.75, 3.05) is 26.0 Å². The lowest BCUT2D eigenvalue weighted by Crippen LogP contribution is -2.49. The molecule has 7 nitrogen and oxygen atoms in total. The van der Waals surface area contributed by atoms with Crippen LogP contribution in [0.1, 0.15) is 30.1 Å². The minimum Gasteiger partial charge on any atom is -0.477 e. The first-order valence-electron chi connectivity index (χ1n) is 7.25. The minimum atomic E-state index is -3.28. The van der Waals surface area contributed by atoms with Gasteiger partial charge in [0.05, 0.1) is 12.9 Å². The van der Waals surface area contributed by atoms with Crippen molar-refractivity contribution in [3.63, 3.8) is 0 Å². The maximum absolute atomic E-state index is 12.6. The fourth-order valence-corrected chi connectivity index (χ4v) is 3.33. The molecule has 1 fully saturated rings. The van der Waals surface area contributed by atoms with E-state index in [1.807, 2.05) is 6.92 Å². The third-order valence-electron chi connectivity index (χ3n) is 3.37. The van der Waals surface area contributed by atoms with E-state index in [0.29, 0.717) is 31.1 Å². The van der Waals surface area contributed by atoms with Gasteiger partial charge in [0, 0.05) is 25.3 Å². The number of hydrogen-bond donors (Lipinski definition) is 1. The van der Waals surface area contributed by atoms with Gasteiger partial charge in [0.2, 0.25) is 15.9 Å². The Morgan fingerprint density at radius 3 is 3.00 bits per heavy atom. The second-order valence-corrected chi connectivity index (χ2v) is 7.05. The average molecular weight is 327 g/mol. The lowest BCUT2D eigenvalue weighted by Gasteiger charge is -2.33. The Morgan fingerprint density at radius 2 is 2.32 bits per heavy atom. The molecule has 0 saturated carbocycles. The number of aromatic nitrogens is 1. The number of hydrogen-bond acceptors (Lipinski definition) is 5. The van der Waals surface area contributed by atoms with Crippen molar-refractivity contribution in [1.82, 2.24) is 14.6 Å². The number of amides is 1. The number of nitrogens with one attached hydrogen (secondary N) is 1.